The second-order valence-corrected chi connectivity index (χ2v) is 14.3. The number of carbonyl (C=O) groups excluding carboxylic acids is 2. The molecule has 0 aromatic rings. The Hall–Kier alpha value is -2.81. The Labute approximate surface area is 322 Å². The molecule has 0 spiro atoms. The Kier molecular flexibility index (Phi) is 36.8. The minimum absolute atomic E-state index is 0.0647. The standard InChI is InChI=1S/C43H72NO8P/c1-3-5-7-9-11-13-15-17-18-19-20-21-22-24-26-28-30-32-34-36-43(47)50-39-41(45)40-52-53(48,49)51-38-37-44-42(46)35-33-31-29-27-25-23-16-14-12-10-8-6-4-2/h5,7-8,10-11,13-14,16-18,20-21,24,26,41,45H,3-4,6,9,12,15,19,22-23,25,27-40H2,1-2H3,(H,44,46)(H,48,49)/b7-5-,10-8-,13-11-,16-14-,18-17-,21-20-,26-24-. The minimum Gasteiger partial charge on any atom is -0.463 e. The van der Waals surface area contributed by atoms with Crippen molar-refractivity contribution < 1.29 is 37.9 Å². The minimum atomic E-state index is -4.43. The fourth-order valence-corrected chi connectivity index (χ4v) is 5.55. The van der Waals surface area contributed by atoms with Crippen LogP contribution in [-0.2, 0) is 27.9 Å². The van der Waals surface area contributed by atoms with E-state index < -0.39 is 26.5 Å². The number of rotatable bonds is 36. The van der Waals surface area contributed by atoms with E-state index in [4.69, 9.17) is 13.8 Å². The van der Waals surface area contributed by atoms with Crippen LogP contribution in [0.2, 0.25) is 0 Å². The second-order valence-electron chi connectivity index (χ2n) is 12.9. The summed E-state index contributed by atoms with van der Waals surface area (Å²) in [6, 6.07) is 0. The van der Waals surface area contributed by atoms with Crippen molar-refractivity contribution in [3.8, 4) is 0 Å². The number of ether oxygens (including phenoxy) is 1. The van der Waals surface area contributed by atoms with Crippen LogP contribution in [0.15, 0.2) is 85.1 Å². The third-order valence-electron chi connectivity index (χ3n) is 7.79. The van der Waals surface area contributed by atoms with Gasteiger partial charge < -0.3 is 20.1 Å². The molecule has 0 saturated carbocycles. The molecule has 0 aliphatic heterocycles. The molecule has 0 aliphatic carbocycles. The molecule has 0 fully saturated rings. The van der Waals surface area contributed by atoms with Crippen LogP contribution in [0.3, 0.4) is 0 Å². The fourth-order valence-electron chi connectivity index (χ4n) is 4.80. The van der Waals surface area contributed by atoms with Crippen molar-refractivity contribution in [1.82, 2.24) is 5.32 Å². The topological polar surface area (TPSA) is 131 Å². The molecule has 0 saturated heterocycles. The number of unbranched alkanes of at least 4 members (excludes halogenated alkanes) is 9. The molecule has 3 N–H and O–H groups in total. The van der Waals surface area contributed by atoms with Gasteiger partial charge in [0.2, 0.25) is 5.91 Å². The van der Waals surface area contributed by atoms with Crippen molar-refractivity contribution in [3.05, 3.63) is 85.1 Å². The average Bonchev–Trinajstić information content (AvgIpc) is 3.14. The molecule has 10 heteroatoms. The first kappa shape index (κ1) is 50.2. The number of aliphatic hydroxyl groups is 1. The van der Waals surface area contributed by atoms with E-state index in [0.717, 1.165) is 103 Å². The highest BCUT2D eigenvalue weighted by atomic mass is 31.2. The largest absolute Gasteiger partial charge is 0.472 e. The van der Waals surface area contributed by atoms with E-state index in [2.05, 4.69) is 104 Å². The molecule has 53 heavy (non-hydrogen) atoms. The van der Waals surface area contributed by atoms with Crippen molar-refractivity contribution in [3.63, 3.8) is 0 Å². The zero-order valence-corrected chi connectivity index (χ0v) is 33.8. The Bertz CT molecular complexity index is 1140. The van der Waals surface area contributed by atoms with Gasteiger partial charge in [0.1, 0.15) is 12.7 Å². The van der Waals surface area contributed by atoms with Gasteiger partial charge in [-0.05, 0) is 83.5 Å². The van der Waals surface area contributed by atoms with Crippen LogP contribution in [0, 0.1) is 0 Å². The van der Waals surface area contributed by atoms with Crippen LogP contribution in [-0.4, -0.2) is 54.3 Å². The molecular formula is C43H72NO8P. The van der Waals surface area contributed by atoms with E-state index in [1.807, 2.05) is 0 Å². The maximum Gasteiger partial charge on any atom is 0.472 e. The average molecular weight is 762 g/mol. The van der Waals surface area contributed by atoms with E-state index >= 15 is 0 Å². The lowest BCUT2D eigenvalue weighted by molar-refractivity contribution is -0.147. The lowest BCUT2D eigenvalue weighted by atomic mass is 10.1. The Balaban J connectivity index is 3.72. The summed E-state index contributed by atoms with van der Waals surface area (Å²) in [6.45, 7) is 3.29. The summed E-state index contributed by atoms with van der Waals surface area (Å²) in [5.74, 6) is -0.573. The maximum absolute atomic E-state index is 12.1. The summed E-state index contributed by atoms with van der Waals surface area (Å²) in [5, 5.41) is 12.7. The maximum atomic E-state index is 12.1. The third kappa shape index (κ3) is 40.2. The monoisotopic (exact) mass is 761 g/mol. The van der Waals surface area contributed by atoms with Gasteiger partial charge in [-0.1, -0.05) is 131 Å². The molecule has 0 aromatic carbocycles. The number of hydrogen-bond donors (Lipinski definition) is 3. The van der Waals surface area contributed by atoms with Crippen LogP contribution < -0.4 is 5.32 Å². The first-order chi connectivity index (χ1) is 25.8. The lowest BCUT2D eigenvalue weighted by Gasteiger charge is -2.15. The number of hydrogen-bond acceptors (Lipinski definition) is 7. The molecular weight excluding hydrogens is 689 g/mol. The van der Waals surface area contributed by atoms with Crippen molar-refractivity contribution in [2.45, 2.75) is 148 Å². The van der Waals surface area contributed by atoms with Gasteiger partial charge in [-0.15, -0.1) is 0 Å². The number of nitrogens with one attached hydrogen (secondary N) is 1. The molecule has 9 nitrogen and oxygen atoms in total. The van der Waals surface area contributed by atoms with E-state index in [1.165, 1.54) is 6.42 Å². The van der Waals surface area contributed by atoms with Crippen molar-refractivity contribution in [2.24, 2.45) is 0 Å². The number of amides is 1. The molecule has 1 amide bonds. The molecule has 0 aliphatic rings. The number of phosphoric ester groups is 1. The zero-order valence-electron chi connectivity index (χ0n) is 32.9. The van der Waals surface area contributed by atoms with Gasteiger partial charge in [0.05, 0.1) is 13.2 Å². The van der Waals surface area contributed by atoms with Crippen LogP contribution in [0.4, 0.5) is 0 Å². The highest BCUT2D eigenvalue weighted by molar-refractivity contribution is 7.47. The zero-order chi connectivity index (χ0) is 38.9. The number of allylic oxidation sites excluding steroid dienone is 14. The van der Waals surface area contributed by atoms with Crippen molar-refractivity contribution >= 4 is 19.7 Å². The van der Waals surface area contributed by atoms with Crippen LogP contribution in [0.5, 0.6) is 0 Å². The van der Waals surface area contributed by atoms with E-state index in [0.29, 0.717) is 12.8 Å². The summed E-state index contributed by atoms with van der Waals surface area (Å²) in [5.41, 5.74) is 0. The molecule has 0 bridgehead atoms. The summed E-state index contributed by atoms with van der Waals surface area (Å²) in [4.78, 5) is 33.8. The van der Waals surface area contributed by atoms with Crippen molar-refractivity contribution in [1.29, 1.82) is 0 Å². The van der Waals surface area contributed by atoms with Gasteiger partial charge in [0.25, 0.3) is 0 Å². The molecule has 302 valence electrons. The normalized spacial score (nSPS) is 14.3. The highest BCUT2D eigenvalue weighted by Gasteiger charge is 2.23. The molecule has 0 rings (SSSR count). The van der Waals surface area contributed by atoms with Crippen molar-refractivity contribution in [2.75, 3.05) is 26.4 Å². The number of carbonyl (C=O) groups is 2. The van der Waals surface area contributed by atoms with Crippen LogP contribution in [0.25, 0.3) is 0 Å². The Morgan fingerprint density at radius 3 is 1.64 bits per heavy atom. The molecule has 0 heterocycles. The Morgan fingerprint density at radius 2 is 1.08 bits per heavy atom. The van der Waals surface area contributed by atoms with Crippen LogP contribution in [0.1, 0.15) is 142 Å². The first-order valence-corrected chi connectivity index (χ1v) is 21.6. The Morgan fingerprint density at radius 1 is 0.604 bits per heavy atom. The molecule has 0 radical (unpaired) electrons. The molecule has 2 atom stereocenters. The smallest absolute Gasteiger partial charge is 0.463 e. The third-order valence-corrected chi connectivity index (χ3v) is 8.77. The van der Waals surface area contributed by atoms with E-state index in [-0.39, 0.29) is 32.1 Å². The second kappa shape index (κ2) is 38.9. The van der Waals surface area contributed by atoms with Gasteiger partial charge in [-0.2, -0.15) is 0 Å². The predicted molar refractivity (Wildman–Crippen MR) is 219 cm³/mol. The predicted octanol–water partition coefficient (Wildman–Crippen LogP) is 10.9. The van der Waals surface area contributed by atoms with Gasteiger partial charge in [0.15, 0.2) is 0 Å². The first-order valence-electron chi connectivity index (χ1n) is 20.1. The molecule has 2 unspecified atom stereocenters. The summed E-state index contributed by atoms with van der Waals surface area (Å²) >= 11 is 0. The van der Waals surface area contributed by atoms with E-state index in [9.17, 15) is 24.2 Å². The van der Waals surface area contributed by atoms with Gasteiger partial charge >= 0.3 is 13.8 Å². The summed E-state index contributed by atoms with van der Waals surface area (Å²) in [6.07, 6.45) is 48.0. The van der Waals surface area contributed by atoms with E-state index in [1.54, 1.807) is 0 Å². The van der Waals surface area contributed by atoms with Gasteiger partial charge in [-0.25, -0.2) is 4.57 Å². The van der Waals surface area contributed by atoms with Crippen LogP contribution >= 0.6 is 7.82 Å². The lowest BCUT2D eigenvalue weighted by Crippen LogP contribution is -2.27. The quantitative estimate of drug-likeness (QED) is 0.0249. The number of aliphatic hydroxyl groups excluding tert-OH is 1. The summed E-state index contributed by atoms with van der Waals surface area (Å²) < 4.78 is 26.8. The van der Waals surface area contributed by atoms with Gasteiger partial charge in [-0.3, -0.25) is 18.6 Å². The number of esters is 1. The molecule has 0 aromatic heterocycles. The van der Waals surface area contributed by atoms with Gasteiger partial charge in [0, 0.05) is 19.4 Å². The highest BCUT2D eigenvalue weighted by Crippen LogP contribution is 2.42. The SMILES string of the molecule is CC/C=C\C/C=C\C/C=C\C/C=C\C/C=C\CCCCCC(=O)OCC(O)COP(=O)(O)OCCNC(=O)CCCCCCC/C=C\C/C=C\CCC. The summed E-state index contributed by atoms with van der Waals surface area (Å²) in [7, 11) is -4.43. The number of phosphoric acid groups is 1. The fraction of sp³-hybridized carbons (Fsp3) is 0.628.